The summed E-state index contributed by atoms with van der Waals surface area (Å²) >= 11 is 3.39. The Morgan fingerprint density at radius 2 is 2.32 bits per heavy atom. The minimum atomic E-state index is -0.473. The molecule has 0 aliphatic rings. The Hall–Kier alpha value is -2.22. The number of rotatable bonds is 3. The highest BCUT2D eigenvalue weighted by Gasteiger charge is 2.10. The summed E-state index contributed by atoms with van der Waals surface area (Å²) in [5.41, 5.74) is 1.73. The van der Waals surface area contributed by atoms with Gasteiger partial charge < -0.3 is 4.98 Å². The summed E-state index contributed by atoms with van der Waals surface area (Å²) < 4.78 is 2.44. The molecule has 96 valence electrons. The van der Waals surface area contributed by atoms with Crippen LogP contribution in [0.2, 0.25) is 0 Å². The van der Waals surface area contributed by atoms with Gasteiger partial charge in [0.05, 0.1) is 22.5 Å². The first-order valence-corrected chi connectivity index (χ1v) is 6.22. The topological polar surface area (TPSA) is 89.6 Å². The van der Waals surface area contributed by atoms with E-state index in [9.17, 15) is 10.1 Å². The van der Waals surface area contributed by atoms with Crippen molar-refractivity contribution in [3.63, 3.8) is 0 Å². The van der Waals surface area contributed by atoms with Gasteiger partial charge in [-0.05, 0) is 18.2 Å². The fraction of sp³-hybridized carbons (Fsp3) is 0.0909. The molecule has 0 unspecified atom stereocenters. The first kappa shape index (κ1) is 11.8. The molecule has 0 bridgehead atoms. The van der Waals surface area contributed by atoms with Gasteiger partial charge >= 0.3 is 5.69 Å². The van der Waals surface area contributed by atoms with Gasteiger partial charge in [-0.2, -0.15) is 5.10 Å². The molecule has 0 radical (unpaired) electrons. The zero-order chi connectivity index (χ0) is 13.4. The number of imidazole rings is 1. The number of nitro groups is 1. The smallest absolute Gasteiger partial charge is 0.307 e. The highest BCUT2D eigenvalue weighted by atomic mass is 79.9. The van der Waals surface area contributed by atoms with Crippen LogP contribution in [-0.4, -0.2) is 24.7 Å². The molecule has 0 saturated carbocycles. The second-order valence-electron chi connectivity index (χ2n) is 4.00. The van der Waals surface area contributed by atoms with Crippen LogP contribution in [0.15, 0.2) is 35.1 Å². The maximum Gasteiger partial charge on any atom is 0.307 e. The summed E-state index contributed by atoms with van der Waals surface area (Å²) in [4.78, 5) is 17.6. The van der Waals surface area contributed by atoms with Gasteiger partial charge in [0.15, 0.2) is 0 Å². The molecule has 2 heterocycles. The van der Waals surface area contributed by atoms with Crippen molar-refractivity contribution in [1.82, 2.24) is 19.7 Å². The molecule has 0 amide bonds. The molecular weight excluding hydrogens is 314 g/mol. The average Bonchev–Trinajstić information content (AvgIpc) is 2.95. The van der Waals surface area contributed by atoms with E-state index in [0.717, 1.165) is 15.5 Å². The first-order valence-electron chi connectivity index (χ1n) is 5.43. The Labute approximate surface area is 115 Å². The molecule has 1 aromatic carbocycles. The Balaban J connectivity index is 1.89. The standard InChI is InChI=1S/C11H8BrN5O2/c12-7-1-2-9-10(3-7)15-11(14-9)6-16-5-8(4-13-16)17(18)19/h1-5H,6H2,(H,14,15). The lowest BCUT2D eigenvalue weighted by atomic mass is 10.3. The van der Waals surface area contributed by atoms with Crippen molar-refractivity contribution in [1.29, 1.82) is 0 Å². The summed E-state index contributed by atoms with van der Waals surface area (Å²) in [5.74, 6) is 0.700. The van der Waals surface area contributed by atoms with E-state index in [1.807, 2.05) is 18.2 Å². The van der Waals surface area contributed by atoms with Crippen molar-refractivity contribution in [2.75, 3.05) is 0 Å². The van der Waals surface area contributed by atoms with Crippen LogP contribution >= 0.6 is 15.9 Å². The van der Waals surface area contributed by atoms with Gasteiger partial charge in [0, 0.05) is 4.47 Å². The number of hydrogen-bond donors (Lipinski definition) is 1. The van der Waals surface area contributed by atoms with Gasteiger partial charge in [0.2, 0.25) is 0 Å². The number of aromatic amines is 1. The van der Waals surface area contributed by atoms with Crippen molar-refractivity contribution in [2.45, 2.75) is 6.54 Å². The van der Waals surface area contributed by atoms with Crippen LogP contribution in [0.1, 0.15) is 5.82 Å². The third-order valence-corrected chi connectivity index (χ3v) is 3.13. The van der Waals surface area contributed by atoms with Crippen LogP contribution in [0.3, 0.4) is 0 Å². The van der Waals surface area contributed by atoms with Crippen LogP contribution in [0, 0.1) is 10.1 Å². The minimum absolute atomic E-state index is 0.0288. The van der Waals surface area contributed by atoms with E-state index in [2.05, 4.69) is 31.0 Å². The monoisotopic (exact) mass is 321 g/mol. The zero-order valence-electron chi connectivity index (χ0n) is 9.58. The number of benzene rings is 1. The lowest BCUT2D eigenvalue weighted by Gasteiger charge is -1.95. The number of nitrogens with one attached hydrogen (secondary N) is 1. The Morgan fingerprint density at radius 1 is 1.47 bits per heavy atom. The molecule has 3 aromatic rings. The molecular formula is C11H8BrN5O2. The van der Waals surface area contributed by atoms with Crippen LogP contribution in [0.25, 0.3) is 11.0 Å². The molecule has 2 aromatic heterocycles. The Bertz CT molecular complexity index is 763. The maximum atomic E-state index is 10.6. The first-order chi connectivity index (χ1) is 9.11. The Kier molecular flexibility index (Phi) is 2.79. The second kappa shape index (κ2) is 4.47. The molecule has 0 spiro atoms. The van der Waals surface area contributed by atoms with Crippen LogP contribution < -0.4 is 0 Å². The lowest BCUT2D eigenvalue weighted by molar-refractivity contribution is -0.385. The molecule has 0 atom stereocenters. The lowest BCUT2D eigenvalue weighted by Crippen LogP contribution is -2.01. The van der Waals surface area contributed by atoms with Gasteiger partial charge in [-0.15, -0.1) is 0 Å². The summed E-state index contributed by atoms with van der Waals surface area (Å²) in [6.45, 7) is 0.361. The van der Waals surface area contributed by atoms with E-state index >= 15 is 0 Å². The number of hydrogen-bond acceptors (Lipinski definition) is 4. The summed E-state index contributed by atoms with van der Waals surface area (Å²) in [6, 6.07) is 5.73. The highest BCUT2D eigenvalue weighted by Crippen LogP contribution is 2.18. The van der Waals surface area contributed by atoms with Crippen molar-refractivity contribution in [3.8, 4) is 0 Å². The largest absolute Gasteiger partial charge is 0.340 e. The fourth-order valence-electron chi connectivity index (χ4n) is 1.80. The van der Waals surface area contributed by atoms with E-state index in [1.165, 1.54) is 17.1 Å². The summed E-state index contributed by atoms with van der Waals surface area (Å²) in [7, 11) is 0. The second-order valence-corrected chi connectivity index (χ2v) is 4.91. The molecule has 7 nitrogen and oxygen atoms in total. The fourth-order valence-corrected chi connectivity index (χ4v) is 2.16. The number of H-pyrrole nitrogens is 1. The van der Waals surface area contributed by atoms with Gasteiger partial charge in [-0.3, -0.25) is 14.8 Å². The van der Waals surface area contributed by atoms with E-state index in [-0.39, 0.29) is 5.69 Å². The molecule has 1 N–H and O–H groups in total. The summed E-state index contributed by atoms with van der Waals surface area (Å²) in [6.07, 6.45) is 2.60. The number of aromatic nitrogens is 4. The van der Waals surface area contributed by atoms with Crippen LogP contribution in [-0.2, 0) is 6.54 Å². The zero-order valence-corrected chi connectivity index (χ0v) is 11.2. The maximum absolute atomic E-state index is 10.6. The molecule has 19 heavy (non-hydrogen) atoms. The van der Waals surface area contributed by atoms with Crippen LogP contribution in [0.5, 0.6) is 0 Å². The number of nitrogens with zero attached hydrogens (tertiary/aromatic N) is 4. The van der Waals surface area contributed by atoms with E-state index in [4.69, 9.17) is 0 Å². The predicted molar refractivity (Wildman–Crippen MR) is 71.8 cm³/mol. The predicted octanol–water partition coefficient (Wildman–Crippen LogP) is 2.48. The third kappa shape index (κ3) is 2.34. The normalized spacial score (nSPS) is 11.0. The Morgan fingerprint density at radius 3 is 3.05 bits per heavy atom. The van der Waals surface area contributed by atoms with Crippen LogP contribution in [0.4, 0.5) is 5.69 Å². The number of fused-ring (bicyclic) bond motifs is 1. The molecule has 3 rings (SSSR count). The van der Waals surface area contributed by atoms with Gasteiger partial charge in [-0.25, -0.2) is 4.98 Å². The quantitative estimate of drug-likeness (QED) is 0.592. The molecule has 0 saturated heterocycles. The minimum Gasteiger partial charge on any atom is -0.340 e. The van der Waals surface area contributed by atoms with Gasteiger partial charge in [0.25, 0.3) is 0 Å². The molecule has 0 aliphatic heterocycles. The van der Waals surface area contributed by atoms with E-state index in [1.54, 1.807) is 0 Å². The molecule has 0 aliphatic carbocycles. The van der Waals surface area contributed by atoms with E-state index in [0.29, 0.717) is 12.4 Å². The van der Waals surface area contributed by atoms with Gasteiger partial charge in [0.1, 0.15) is 18.2 Å². The van der Waals surface area contributed by atoms with Gasteiger partial charge in [-0.1, -0.05) is 15.9 Å². The van der Waals surface area contributed by atoms with Crippen molar-refractivity contribution in [2.24, 2.45) is 0 Å². The molecule has 8 heteroatoms. The average molecular weight is 322 g/mol. The SMILES string of the molecule is O=[N+]([O-])c1cnn(Cc2nc3ccc(Br)cc3[nH]2)c1. The highest BCUT2D eigenvalue weighted by molar-refractivity contribution is 9.10. The van der Waals surface area contributed by atoms with Crippen molar-refractivity contribution >= 4 is 32.7 Å². The van der Waals surface area contributed by atoms with Crippen molar-refractivity contribution < 1.29 is 4.92 Å². The van der Waals surface area contributed by atoms with Crippen molar-refractivity contribution in [3.05, 3.63) is 51.0 Å². The third-order valence-electron chi connectivity index (χ3n) is 2.64. The molecule has 0 fully saturated rings. The number of halogens is 1. The van der Waals surface area contributed by atoms with E-state index < -0.39 is 4.92 Å². The summed E-state index contributed by atoms with van der Waals surface area (Å²) in [5, 5.41) is 14.5.